The molecule has 0 aliphatic carbocycles. The van der Waals surface area contributed by atoms with Gasteiger partial charge in [0.05, 0.1) is 18.8 Å². The number of hydrogen-bond acceptors (Lipinski definition) is 7. The molecule has 0 fully saturated rings. The molecule has 4 aromatic rings. The Morgan fingerprint density at radius 3 is 2.56 bits per heavy atom. The largest absolute Gasteiger partial charge is 0.493 e. The first-order valence-electron chi connectivity index (χ1n) is 10.8. The molecule has 0 N–H and O–H groups in total. The van der Waals surface area contributed by atoms with Gasteiger partial charge in [-0.05, 0) is 66.1 Å². The topological polar surface area (TPSA) is 98.8 Å². The van der Waals surface area contributed by atoms with Crippen molar-refractivity contribution in [3.05, 3.63) is 98.9 Å². The number of allylic oxidation sites excluding steroid dienone is 1. The summed E-state index contributed by atoms with van der Waals surface area (Å²) in [6.45, 7) is 1.44. The van der Waals surface area contributed by atoms with Crippen LogP contribution in [0.1, 0.15) is 16.7 Å². The number of ether oxygens (including phenoxy) is 3. The average molecular weight is 502 g/mol. The van der Waals surface area contributed by atoms with E-state index in [1.165, 1.54) is 13.2 Å². The zero-order valence-corrected chi connectivity index (χ0v) is 20.2. The number of nitriles is 1. The number of nitrogens with zero attached hydrogens (tertiary/aromatic N) is 1. The van der Waals surface area contributed by atoms with E-state index in [9.17, 15) is 14.9 Å². The van der Waals surface area contributed by atoms with Gasteiger partial charge in [-0.1, -0.05) is 29.8 Å². The maximum atomic E-state index is 12.4. The summed E-state index contributed by atoms with van der Waals surface area (Å²) in [7, 11) is 1.45. The number of halogens is 1. The van der Waals surface area contributed by atoms with Crippen LogP contribution in [0.25, 0.3) is 22.6 Å². The molecule has 0 unspecified atom stereocenters. The molecule has 1 aromatic heterocycles. The van der Waals surface area contributed by atoms with E-state index in [0.717, 1.165) is 16.5 Å². The van der Waals surface area contributed by atoms with Gasteiger partial charge in [-0.3, -0.25) is 0 Å². The first-order valence-corrected chi connectivity index (χ1v) is 11.2. The Kier molecular flexibility index (Phi) is 7.38. The van der Waals surface area contributed by atoms with Crippen molar-refractivity contribution in [1.82, 2.24) is 0 Å². The summed E-state index contributed by atoms with van der Waals surface area (Å²) < 4.78 is 21.5. The second kappa shape index (κ2) is 10.8. The van der Waals surface area contributed by atoms with Crippen molar-refractivity contribution in [1.29, 1.82) is 5.26 Å². The first-order chi connectivity index (χ1) is 17.4. The molecule has 0 saturated carbocycles. The third kappa shape index (κ3) is 5.74. The van der Waals surface area contributed by atoms with E-state index in [-0.39, 0.29) is 12.4 Å². The summed E-state index contributed by atoms with van der Waals surface area (Å²) in [5.41, 5.74) is 2.53. The molecule has 4 rings (SSSR count). The predicted octanol–water partition coefficient (Wildman–Crippen LogP) is 5.81. The molecule has 0 amide bonds. The second-order valence-corrected chi connectivity index (χ2v) is 8.19. The summed E-state index contributed by atoms with van der Waals surface area (Å²) in [5.74, 6) is 0.218. The van der Waals surface area contributed by atoms with Crippen LogP contribution in [0.5, 0.6) is 17.2 Å². The standard InChI is InChI=1S/C28H20ClNO6/c1-17-11-27(31)36-25-14-22(8-9-23(17)25)34-16-28(32)35-24-10-3-18(13-26(24)33-2)12-20(15-30)19-4-6-21(29)7-5-19/h3-14H,16H2,1-2H3. The van der Waals surface area contributed by atoms with Gasteiger partial charge in [0, 0.05) is 22.5 Å². The van der Waals surface area contributed by atoms with E-state index in [1.54, 1.807) is 66.7 Å². The maximum absolute atomic E-state index is 12.4. The Hall–Kier alpha value is -4.54. The monoisotopic (exact) mass is 501 g/mol. The number of hydrogen-bond donors (Lipinski definition) is 0. The van der Waals surface area contributed by atoms with E-state index in [4.69, 9.17) is 30.2 Å². The third-order valence-corrected chi connectivity index (χ3v) is 5.53. The quantitative estimate of drug-likeness (QED) is 0.103. The van der Waals surface area contributed by atoms with Gasteiger partial charge in [0.2, 0.25) is 0 Å². The van der Waals surface area contributed by atoms with Crippen LogP contribution >= 0.6 is 11.6 Å². The number of aryl methyl sites for hydroxylation is 1. The van der Waals surface area contributed by atoms with Crippen molar-refractivity contribution in [2.24, 2.45) is 0 Å². The molecular weight excluding hydrogens is 482 g/mol. The normalized spacial score (nSPS) is 11.1. The molecule has 0 aliphatic rings. The molecule has 8 heteroatoms. The van der Waals surface area contributed by atoms with Gasteiger partial charge in [0.1, 0.15) is 11.3 Å². The summed E-state index contributed by atoms with van der Waals surface area (Å²) >= 11 is 5.93. The molecule has 7 nitrogen and oxygen atoms in total. The Bertz CT molecular complexity index is 1560. The fourth-order valence-corrected chi connectivity index (χ4v) is 3.65. The van der Waals surface area contributed by atoms with Crippen molar-refractivity contribution in [3.8, 4) is 23.3 Å². The minimum atomic E-state index is -0.652. The minimum Gasteiger partial charge on any atom is -0.493 e. The Morgan fingerprint density at radius 2 is 1.83 bits per heavy atom. The molecule has 1 heterocycles. The minimum absolute atomic E-state index is 0.202. The van der Waals surface area contributed by atoms with Crippen molar-refractivity contribution in [2.45, 2.75) is 6.92 Å². The first kappa shape index (κ1) is 24.6. The van der Waals surface area contributed by atoms with Crippen LogP contribution in [0.15, 0.2) is 75.9 Å². The summed E-state index contributed by atoms with van der Waals surface area (Å²) in [4.78, 5) is 24.0. The fourth-order valence-electron chi connectivity index (χ4n) is 3.52. The molecule has 0 spiro atoms. The Morgan fingerprint density at radius 1 is 1.06 bits per heavy atom. The van der Waals surface area contributed by atoms with E-state index in [0.29, 0.717) is 33.2 Å². The number of esters is 1. The number of rotatable bonds is 7. The molecular formula is C28H20ClNO6. The zero-order chi connectivity index (χ0) is 25.7. The smallest absolute Gasteiger partial charge is 0.349 e. The number of fused-ring (bicyclic) bond motifs is 1. The van der Waals surface area contributed by atoms with Gasteiger partial charge < -0.3 is 18.6 Å². The molecule has 3 aromatic carbocycles. The van der Waals surface area contributed by atoms with Crippen LogP contribution < -0.4 is 19.8 Å². The lowest BCUT2D eigenvalue weighted by atomic mass is 10.0. The number of benzene rings is 3. The van der Waals surface area contributed by atoms with Crippen LogP contribution in [0.4, 0.5) is 0 Å². The van der Waals surface area contributed by atoms with E-state index in [2.05, 4.69) is 6.07 Å². The fraction of sp³-hybridized carbons (Fsp3) is 0.107. The van der Waals surface area contributed by atoms with E-state index in [1.807, 2.05) is 6.92 Å². The highest BCUT2D eigenvalue weighted by Crippen LogP contribution is 2.30. The molecule has 0 radical (unpaired) electrons. The van der Waals surface area contributed by atoms with Crippen LogP contribution in [0.3, 0.4) is 0 Å². The number of carbonyl (C=O) groups is 1. The van der Waals surface area contributed by atoms with Crippen LogP contribution in [0, 0.1) is 18.3 Å². The van der Waals surface area contributed by atoms with Gasteiger partial charge in [0.25, 0.3) is 0 Å². The zero-order valence-electron chi connectivity index (χ0n) is 19.4. The van der Waals surface area contributed by atoms with Gasteiger partial charge in [-0.15, -0.1) is 0 Å². The van der Waals surface area contributed by atoms with Gasteiger partial charge in [-0.25, -0.2) is 9.59 Å². The SMILES string of the molecule is COc1cc(C=C(C#N)c2ccc(Cl)cc2)ccc1OC(=O)COc1ccc2c(C)cc(=O)oc2c1. The van der Waals surface area contributed by atoms with Crippen molar-refractivity contribution in [3.63, 3.8) is 0 Å². The highest BCUT2D eigenvalue weighted by Gasteiger charge is 2.13. The Balaban J connectivity index is 1.46. The second-order valence-electron chi connectivity index (χ2n) is 7.76. The highest BCUT2D eigenvalue weighted by atomic mass is 35.5. The third-order valence-electron chi connectivity index (χ3n) is 5.28. The molecule has 0 aliphatic heterocycles. The highest BCUT2D eigenvalue weighted by molar-refractivity contribution is 6.30. The van der Waals surface area contributed by atoms with Crippen molar-refractivity contribution >= 4 is 40.2 Å². The number of methoxy groups -OCH3 is 1. The van der Waals surface area contributed by atoms with E-state index < -0.39 is 11.6 Å². The summed E-state index contributed by atoms with van der Waals surface area (Å²) in [5, 5.41) is 10.9. The van der Waals surface area contributed by atoms with Gasteiger partial charge in [-0.2, -0.15) is 5.26 Å². The lowest BCUT2D eigenvalue weighted by Gasteiger charge is -2.11. The predicted molar refractivity (Wildman–Crippen MR) is 136 cm³/mol. The lowest BCUT2D eigenvalue weighted by Crippen LogP contribution is -2.18. The van der Waals surface area contributed by atoms with Crippen LogP contribution in [-0.4, -0.2) is 19.7 Å². The van der Waals surface area contributed by atoms with Crippen LogP contribution in [0.2, 0.25) is 5.02 Å². The van der Waals surface area contributed by atoms with Crippen molar-refractivity contribution in [2.75, 3.05) is 13.7 Å². The van der Waals surface area contributed by atoms with Gasteiger partial charge in [0.15, 0.2) is 18.1 Å². The molecule has 180 valence electrons. The molecule has 36 heavy (non-hydrogen) atoms. The van der Waals surface area contributed by atoms with Crippen molar-refractivity contribution < 1.29 is 23.4 Å². The maximum Gasteiger partial charge on any atom is 0.349 e. The molecule has 0 atom stereocenters. The molecule has 0 bridgehead atoms. The van der Waals surface area contributed by atoms with Crippen LogP contribution in [-0.2, 0) is 4.79 Å². The summed E-state index contributed by atoms with van der Waals surface area (Å²) in [6, 6.07) is 20.4. The Labute approximate surface area is 211 Å². The van der Waals surface area contributed by atoms with Gasteiger partial charge >= 0.3 is 11.6 Å². The van der Waals surface area contributed by atoms with E-state index >= 15 is 0 Å². The molecule has 0 saturated heterocycles. The number of carbonyl (C=O) groups excluding carboxylic acids is 1. The lowest BCUT2D eigenvalue weighted by molar-refractivity contribution is -0.136. The summed E-state index contributed by atoms with van der Waals surface area (Å²) in [6.07, 6.45) is 1.69. The average Bonchev–Trinajstić information content (AvgIpc) is 2.87.